The molecule has 0 radical (unpaired) electrons. The maximum absolute atomic E-state index is 11.2. The van der Waals surface area contributed by atoms with Gasteiger partial charge in [-0.25, -0.2) is 0 Å². The number of halogens is 1. The smallest absolute Gasteiger partial charge is 0.172 e. The standard InChI is InChI=1S/C24H34ClNO7/c1-2-30-23(11-13-26(14-12-23)16-7-5-15(25)6-8-16)31-20-17(27)18(28)21-22(19(20)29)33-24(32-21)9-3-4-10-24/h5-8,17-22,27-29H,2-4,9-14H2,1H3/t17-,18-,19-,20+,21+,22-/m0/s1. The van der Waals surface area contributed by atoms with E-state index in [2.05, 4.69) is 4.90 Å². The van der Waals surface area contributed by atoms with Crippen LogP contribution in [0.3, 0.4) is 0 Å². The van der Waals surface area contributed by atoms with Gasteiger partial charge >= 0.3 is 0 Å². The Labute approximate surface area is 199 Å². The second-order valence-corrected chi connectivity index (χ2v) is 10.1. The van der Waals surface area contributed by atoms with Gasteiger partial charge in [0, 0.05) is 56.1 Å². The van der Waals surface area contributed by atoms with Gasteiger partial charge < -0.3 is 39.2 Å². The Bertz CT molecular complexity index is 810. The maximum Gasteiger partial charge on any atom is 0.172 e. The minimum Gasteiger partial charge on any atom is -0.387 e. The number of ether oxygens (including phenoxy) is 4. The van der Waals surface area contributed by atoms with Crippen LogP contribution in [0.5, 0.6) is 0 Å². The number of benzene rings is 1. The molecular formula is C24H34ClNO7. The number of nitrogens with zero attached hydrogens (tertiary/aromatic N) is 1. The van der Waals surface area contributed by atoms with E-state index < -0.39 is 48.2 Å². The van der Waals surface area contributed by atoms with Gasteiger partial charge in [0.15, 0.2) is 11.6 Å². The normalized spacial score (nSPS) is 37.4. The highest BCUT2D eigenvalue weighted by Gasteiger charge is 2.61. The lowest BCUT2D eigenvalue weighted by molar-refractivity contribution is -0.315. The molecule has 1 aromatic rings. The molecule has 0 aromatic heterocycles. The predicted octanol–water partition coefficient (Wildman–Crippen LogP) is 2.21. The van der Waals surface area contributed by atoms with Gasteiger partial charge in [0.1, 0.15) is 36.6 Å². The summed E-state index contributed by atoms with van der Waals surface area (Å²) in [7, 11) is 0. The van der Waals surface area contributed by atoms with Crippen LogP contribution in [0.1, 0.15) is 45.4 Å². The zero-order valence-electron chi connectivity index (χ0n) is 18.9. The topological polar surface area (TPSA) is 101 Å². The van der Waals surface area contributed by atoms with Crippen LogP contribution in [0.15, 0.2) is 24.3 Å². The van der Waals surface area contributed by atoms with E-state index in [0.29, 0.717) is 37.6 Å². The van der Waals surface area contributed by atoms with Gasteiger partial charge in [-0.3, -0.25) is 0 Å². The van der Waals surface area contributed by atoms with Crippen molar-refractivity contribution in [2.45, 2.75) is 93.6 Å². The number of rotatable bonds is 5. The molecule has 1 aromatic carbocycles. The summed E-state index contributed by atoms with van der Waals surface area (Å²) in [4.78, 5) is 2.23. The highest BCUT2D eigenvalue weighted by molar-refractivity contribution is 6.30. The third-order valence-electron chi connectivity index (χ3n) is 7.56. The molecular weight excluding hydrogens is 450 g/mol. The number of piperidine rings is 1. The van der Waals surface area contributed by atoms with E-state index in [-0.39, 0.29) is 0 Å². The van der Waals surface area contributed by atoms with Gasteiger partial charge in [-0.1, -0.05) is 11.6 Å². The number of hydrogen-bond donors (Lipinski definition) is 3. The molecule has 1 spiro atoms. The Hall–Kier alpha value is -0.970. The first-order valence-corrected chi connectivity index (χ1v) is 12.5. The number of aliphatic hydroxyl groups is 3. The Morgan fingerprint density at radius 3 is 2.15 bits per heavy atom. The fraction of sp³-hybridized carbons (Fsp3) is 0.750. The van der Waals surface area contributed by atoms with Crippen molar-refractivity contribution in [1.82, 2.24) is 0 Å². The van der Waals surface area contributed by atoms with Crippen LogP contribution in [0.4, 0.5) is 5.69 Å². The first-order valence-electron chi connectivity index (χ1n) is 12.1. The van der Waals surface area contributed by atoms with E-state index in [1.54, 1.807) is 0 Å². The molecule has 0 unspecified atom stereocenters. The maximum atomic E-state index is 11.2. The van der Waals surface area contributed by atoms with Crippen LogP contribution < -0.4 is 4.90 Å². The van der Waals surface area contributed by atoms with Crippen LogP contribution in [0.25, 0.3) is 0 Å². The Balaban J connectivity index is 1.30. The zero-order chi connectivity index (χ0) is 23.2. The number of aliphatic hydroxyl groups excluding tert-OH is 3. The van der Waals surface area contributed by atoms with Crippen LogP contribution in [-0.2, 0) is 18.9 Å². The molecule has 0 bridgehead atoms. The van der Waals surface area contributed by atoms with E-state index in [4.69, 9.17) is 30.5 Å². The van der Waals surface area contributed by atoms with Gasteiger partial charge in [0.2, 0.25) is 0 Å². The van der Waals surface area contributed by atoms with Crippen molar-refractivity contribution in [3.05, 3.63) is 29.3 Å². The third-order valence-corrected chi connectivity index (χ3v) is 7.81. The molecule has 2 saturated carbocycles. The Morgan fingerprint density at radius 1 is 0.939 bits per heavy atom. The molecule has 2 heterocycles. The average molecular weight is 484 g/mol. The van der Waals surface area contributed by atoms with Crippen molar-refractivity contribution >= 4 is 17.3 Å². The fourth-order valence-corrected chi connectivity index (χ4v) is 5.94. The van der Waals surface area contributed by atoms with Gasteiger partial charge in [-0.15, -0.1) is 0 Å². The number of hydrogen-bond acceptors (Lipinski definition) is 8. The monoisotopic (exact) mass is 483 g/mol. The first-order chi connectivity index (χ1) is 15.9. The molecule has 8 nitrogen and oxygen atoms in total. The molecule has 4 fully saturated rings. The second kappa shape index (κ2) is 9.24. The molecule has 6 atom stereocenters. The highest BCUT2D eigenvalue weighted by atomic mass is 35.5. The van der Waals surface area contributed by atoms with E-state index in [1.165, 1.54) is 0 Å². The van der Waals surface area contributed by atoms with Crippen LogP contribution in [0.2, 0.25) is 5.02 Å². The molecule has 9 heteroatoms. The molecule has 5 rings (SSSR count). The van der Waals surface area contributed by atoms with Crippen molar-refractivity contribution < 1.29 is 34.3 Å². The van der Waals surface area contributed by atoms with Gasteiger partial charge in [-0.05, 0) is 44.0 Å². The molecule has 4 aliphatic rings. The quantitative estimate of drug-likeness (QED) is 0.548. The van der Waals surface area contributed by atoms with E-state index in [0.717, 1.165) is 31.4 Å². The highest BCUT2D eigenvalue weighted by Crippen LogP contribution is 2.47. The largest absolute Gasteiger partial charge is 0.387 e. The van der Waals surface area contributed by atoms with Crippen LogP contribution in [0, 0.1) is 0 Å². The molecule has 33 heavy (non-hydrogen) atoms. The summed E-state index contributed by atoms with van der Waals surface area (Å²) in [6, 6.07) is 7.70. The molecule has 0 amide bonds. The Kier molecular flexibility index (Phi) is 6.65. The Morgan fingerprint density at radius 2 is 1.55 bits per heavy atom. The lowest BCUT2D eigenvalue weighted by atomic mass is 9.84. The number of anilines is 1. The minimum atomic E-state index is -1.31. The second-order valence-electron chi connectivity index (χ2n) is 9.64. The van der Waals surface area contributed by atoms with E-state index >= 15 is 0 Å². The summed E-state index contributed by atoms with van der Waals surface area (Å²) in [5, 5.41) is 33.6. The van der Waals surface area contributed by atoms with E-state index in [1.807, 2.05) is 31.2 Å². The van der Waals surface area contributed by atoms with Crippen molar-refractivity contribution in [2.24, 2.45) is 0 Å². The van der Waals surface area contributed by atoms with Crippen LogP contribution in [-0.4, -0.2) is 83.2 Å². The molecule has 2 aliphatic heterocycles. The summed E-state index contributed by atoms with van der Waals surface area (Å²) in [6.45, 7) is 3.68. The van der Waals surface area contributed by atoms with Crippen LogP contribution >= 0.6 is 11.6 Å². The summed E-state index contributed by atoms with van der Waals surface area (Å²) >= 11 is 6.02. The van der Waals surface area contributed by atoms with Crippen molar-refractivity contribution in [3.63, 3.8) is 0 Å². The summed E-state index contributed by atoms with van der Waals surface area (Å²) in [6.07, 6.45) is -1.73. The fourth-order valence-electron chi connectivity index (χ4n) is 5.82. The molecule has 2 saturated heterocycles. The third kappa shape index (κ3) is 4.41. The minimum absolute atomic E-state index is 0.428. The summed E-state index contributed by atoms with van der Waals surface area (Å²) in [5.41, 5.74) is 1.07. The van der Waals surface area contributed by atoms with E-state index in [9.17, 15) is 15.3 Å². The van der Waals surface area contributed by atoms with Gasteiger partial charge in [0.05, 0.1) is 0 Å². The first kappa shape index (κ1) is 23.8. The lowest BCUT2D eigenvalue weighted by Gasteiger charge is -2.48. The number of fused-ring (bicyclic) bond motifs is 1. The zero-order valence-corrected chi connectivity index (χ0v) is 19.7. The van der Waals surface area contributed by atoms with Gasteiger partial charge in [-0.2, -0.15) is 0 Å². The van der Waals surface area contributed by atoms with Crippen molar-refractivity contribution in [3.8, 4) is 0 Å². The molecule has 3 N–H and O–H groups in total. The predicted molar refractivity (Wildman–Crippen MR) is 121 cm³/mol. The summed E-state index contributed by atoms with van der Waals surface area (Å²) < 4.78 is 24.6. The SMILES string of the molecule is CCOC1(O[C@@H]2[C@@H](O)[C@H](O)[C@H]3OC4(CCCC4)O[C@H]3[C@H]2O)CCN(c2ccc(Cl)cc2)CC1. The summed E-state index contributed by atoms with van der Waals surface area (Å²) in [5.74, 6) is -1.74. The van der Waals surface area contributed by atoms with Crippen molar-refractivity contribution in [1.29, 1.82) is 0 Å². The van der Waals surface area contributed by atoms with Crippen molar-refractivity contribution in [2.75, 3.05) is 24.6 Å². The van der Waals surface area contributed by atoms with Gasteiger partial charge in [0.25, 0.3) is 0 Å². The lowest BCUT2D eigenvalue weighted by Crippen LogP contribution is -2.65. The molecule has 184 valence electrons. The molecule has 2 aliphatic carbocycles. The average Bonchev–Trinajstić information content (AvgIpc) is 3.44.